The number of para-hydroxylation sites is 1. The summed E-state index contributed by atoms with van der Waals surface area (Å²) in [6.45, 7) is 1.53. The Morgan fingerprint density at radius 1 is 1.25 bits per heavy atom. The Balaban J connectivity index is 1.75. The van der Waals surface area contributed by atoms with Gasteiger partial charge in [0.15, 0.2) is 5.58 Å². The van der Waals surface area contributed by atoms with Crippen LogP contribution in [0.3, 0.4) is 0 Å². The third-order valence-electron chi connectivity index (χ3n) is 4.70. The Kier molecular flexibility index (Phi) is 3.42. The minimum absolute atomic E-state index is 0.133. The fourth-order valence-corrected chi connectivity index (χ4v) is 3.40. The zero-order valence-electron chi connectivity index (χ0n) is 12.9. The van der Waals surface area contributed by atoms with E-state index in [2.05, 4.69) is 5.32 Å². The molecule has 0 radical (unpaired) electrons. The molecule has 2 aromatic rings. The van der Waals surface area contributed by atoms with Gasteiger partial charge in [0.05, 0.1) is 11.2 Å². The quantitative estimate of drug-likeness (QED) is 0.767. The molecule has 2 N–H and O–H groups in total. The number of fused-ring (bicyclic) bond motifs is 1. The number of nitrogens with one attached hydrogen (secondary N) is 1. The number of carbonyl (C=O) groups is 2. The molecule has 2 saturated heterocycles. The van der Waals surface area contributed by atoms with Crippen LogP contribution in [-0.2, 0) is 9.59 Å². The number of anilines is 1. The summed E-state index contributed by atoms with van der Waals surface area (Å²) in [5.41, 5.74) is 1.75. The van der Waals surface area contributed by atoms with Gasteiger partial charge in [-0.2, -0.15) is 0 Å². The summed E-state index contributed by atoms with van der Waals surface area (Å²) in [5, 5.41) is 11.4. The number of oxazole rings is 1. The molecule has 1 aromatic heterocycles. The van der Waals surface area contributed by atoms with E-state index in [1.165, 1.54) is 4.57 Å². The summed E-state index contributed by atoms with van der Waals surface area (Å²) >= 11 is 0. The van der Waals surface area contributed by atoms with E-state index in [0.717, 1.165) is 5.69 Å². The maximum absolute atomic E-state index is 12.3. The molecule has 0 aliphatic carbocycles. The predicted molar refractivity (Wildman–Crippen MR) is 84.7 cm³/mol. The second kappa shape index (κ2) is 5.48. The number of imide groups is 1. The standard InChI is InChI=1S/C16H17N3O5/c20-8-9-6-18(7-9)10-2-1-3-11-14(10)24-16(23)19(11)12-4-5-13(21)17-15(12)22/h1-3,9,12,20H,4-8H2,(H,17,21,22). The molecular weight excluding hydrogens is 314 g/mol. The van der Waals surface area contributed by atoms with Crippen LogP contribution >= 0.6 is 0 Å². The van der Waals surface area contributed by atoms with E-state index in [1.807, 2.05) is 11.0 Å². The van der Waals surface area contributed by atoms with Gasteiger partial charge in [-0.15, -0.1) is 0 Å². The lowest BCUT2D eigenvalue weighted by Gasteiger charge is -2.39. The second-order valence-corrected chi connectivity index (χ2v) is 6.28. The third-order valence-corrected chi connectivity index (χ3v) is 4.70. The normalized spacial score (nSPS) is 21.9. The van der Waals surface area contributed by atoms with Crippen molar-refractivity contribution in [3.05, 3.63) is 28.7 Å². The van der Waals surface area contributed by atoms with Gasteiger partial charge >= 0.3 is 5.76 Å². The number of aromatic nitrogens is 1. The molecule has 2 fully saturated rings. The molecule has 0 bridgehead atoms. The van der Waals surface area contributed by atoms with E-state index in [0.29, 0.717) is 24.2 Å². The Morgan fingerprint density at radius 2 is 2.04 bits per heavy atom. The molecule has 8 heteroatoms. The summed E-state index contributed by atoms with van der Waals surface area (Å²) in [5.74, 6) is -1.19. The topological polar surface area (TPSA) is 105 Å². The van der Waals surface area contributed by atoms with Crippen LogP contribution in [0.15, 0.2) is 27.4 Å². The third kappa shape index (κ3) is 2.22. The molecule has 2 amide bonds. The summed E-state index contributed by atoms with van der Waals surface area (Å²) in [4.78, 5) is 37.8. The van der Waals surface area contributed by atoms with Gasteiger partial charge in [-0.1, -0.05) is 6.07 Å². The summed E-state index contributed by atoms with van der Waals surface area (Å²) in [7, 11) is 0. The van der Waals surface area contributed by atoms with Gasteiger partial charge in [0.1, 0.15) is 6.04 Å². The highest BCUT2D eigenvalue weighted by molar-refractivity contribution is 6.00. The van der Waals surface area contributed by atoms with Crippen molar-refractivity contribution in [1.82, 2.24) is 9.88 Å². The van der Waals surface area contributed by atoms with Gasteiger partial charge in [0.25, 0.3) is 0 Å². The van der Waals surface area contributed by atoms with Crippen LogP contribution in [0, 0.1) is 5.92 Å². The monoisotopic (exact) mass is 331 g/mol. The Hall–Kier alpha value is -2.61. The first-order chi connectivity index (χ1) is 11.6. The first kappa shape index (κ1) is 14.9. The first-order valence-corrected chi connectivity index (χ1v) is 7.92. The molecule has 8 nitrogen and oxygen atoms in total. The molecule has 2 aliphatic heterocycles. The van der Waals surface area contributed by atoms with Crippen molar-refractivity contribution >= 4 is 28.6 Å². The maximum Gasteiger partial charge on any atom is 0.420 e. The molecule has 0 spiro atoms. The summed E-state index contributed by atoms with van der Waals surface area (Å²) in [6, 6.07) is 4.65. The van der Waals surface area contributed by atoms with Gasteiger partial charge in [-0.3, -0.25) is 19.5 Å². The molecule has 3 heterocycles. The number of aliphatic hydroxyl groups excluding tert-OH is 1. The number of aliphatic hydroxyl groups is 1. The number of benzene rings is 1. The van der Waals surface area contributed by atoms with Crippen LogP contribution in [0.1, 0.15) is 18.9 Å². The number of hydrogen-bond acceptors (Lipinski definition) is 6. The average Bonchev–Trinajstić information content (AvgIpc) is 2.83. The van der Waals surface area contributed by atoms with Crippen molar-refractivity contribution in [2.75, 3.05) is 24.6 Å². The van der Waals surface area contributed by atoms with Gasteiger partial charge in [-0.05, 0) is 18.6 Å². The highest BCUT2D eigenvalue weighted by atomic mass is 16.4. The molecular formula is C16H17N3O5. The van der Waals surface area contributed by atoms with Gasteiger partial charge < -0.3 is 14.4 Å². The zero-order chi connectivity index (χ0) is 16.8. The average molecular weight is 331 g/mol. The van der Waals surface area contributed by atoms with Gasteiger partial charge in [0, 0.05) is 32.0 Å². The van der Waals surface area contributed by atoms with E-state index in [4.69, 9.17) is 9.52 Å². The van der Waals surface area contributed by atoms with Crippen LogP contribution in [0.25, 0.3) is 11.1 Å². The number of amides is 2. The number of piperidine rings is 1. The van der Waals surface area contributed by atoms with Crippen LogP contribution in [0.5, 0.6) is 0 Å². The maximum atomic E-state index is 12.3. The van der Waals surface area contributed by atoms with Crippen molar-refractivity contribution in [3.63, 3.8) is 0 Å². The minimum atomic E-state index is -0.742. The second-order valence-electron chi connectivity index (χ2n) is 6.28. The van der Waals surface area contributed by atoms with E-state index in [1.54, 1.807) is 12.1 Å². The molecule has 1 unspecified atom stereocenters. The molecule has 4 rings (SSSR count). The largest absolute Gasteiger partial charge is 0.420 e. The lowest BCUT2D eigenvalue weighted by Crippen LogP contribution is -2.48. The lowest BCUT2D eigenvalue weighted by atomic mass is 10.00. The van der Waals surface area contributed by atoms with Crippen molar-refractivity contribution in [2.45, 2.75) is 18.9 Å². The highest BCUT2D eigenvalue weighted by Gasteiger charge is 2.33. The number of rotatable bonds is 3. The number of nitrogens with zero attached hydrogens (tertiary/aromatic N) is 2. The van der Waals surface area contributed by atoms with Crippen LogP contribution in [0.2, 0.25) is 0 Å². The number of carbonyl (C=O) groups excluding carboxylic acids is 2. The molecule has 126 valence electrons. The van der Waals surface area contributed by atoms with Crippen molar-refractivity contribution in [3.8, 4) is 0 Å². The molecule has 2 aliphatic rings. The molecule has 24 heavy (non-hydrogen) atoms. The molecule has 0 saturated carbocycles. The molecule has 1 atom stereocenters. The van der Waals surface area contributed by atoms with E-state index < -0.39 is 17.7 Å². The molecule has 1 aromatic carbocycles. The fraction of sp³-hybridized carbons (Fsp3) is 0.438. The van der Waals surface area contributed by atoms with Gasteiger partial charge in [-0.25, -0.2) is 4.79 Å². The van der Waals surface area contributed by atoms with E-state index in [-0.39, 0.29) is 31.3 Å². The van der Waals surface area contributed by atoms with E-state index >= 15 is 0 Å². The van der Waals surface area contributed by atoms with E-state index in [9.17, 15) is 14.4 Å². The summed E-state index contributed by atoms with van der Waals surface area (Å²) < 4.78 is 6.75. The first-order valence-electron chi connectivity index (χ1n) is 7.92. The minimum Gasteiger partial charge on any atom is -0.405 e. The highest BCUT2D eigenvalue weighted by Crippen LogP contribution is 2.33. The Labute approximate surface area is 136 Å². The number of hydrogen-bond donors (Lipinski definition) is 2. The van der Waals surface area contributed by atoms with Crippen LogP contribution in [0.4, 0.5) is 5.69 Å². The fourth-order valence-electron chi connectivity index (χ4n) is 3.40. The summed E-state index contributed by atoms with van der Waals surface area (Å²) in [6.07, 6.45) is 0.471. The van der Waals surface area contributed by atoms with Crippen LogP contribution < -0.4 is 16.0 Å². The van der Waals surface area contributed by atoms with Crippen LogP contribution in [-0.4, -0.2) is 41.2 Å². The lowest BCUT2D eigenvalue weighted by molar-refractivity contribution is -0.135. The van der Waals surface area contributed by atoms with Crippen molar-refractivity contribution < 1.29 is 19.1 Å². The zero-order valence-corrected chi connectivity index (χ0v) is 12.9. The SMILES string of the molecule is O=C1CCC(n2c(=O)oc3c(N4CC(CO)C4)cccc32)C(=O)N1. The van der Waals surface area contributed by atoms with Gasteiger partial charge in [0.2, 0.25) is 11.8 Å². The van der Waals surface area contributed by atoms with Crippen molar-refractivity contribution in [1.29, 1.82) is 0 Å². The smallest absolute Gasteiger partial charge is 0.405 e. The predicted octanol–water partition coefficient (Wildman–Crippen LogP) is 0.000700. The Bertz CT molecular complexity index is 877. The Morgan fingerprint density at radius 3 is 2.75 bits per heavy atom. The van der Waals surface area contributed by atoms with Crippen molar-refractivity contribution in [2.24, 2.45) is 5.92 Å².